The maximum atomic E-state index is 11.8. The molecule has 2 spiro atoms. The quantitative estimate of drug-likeness (QED) is 0.0743. The summed E-state index contributed by atoms with van der Waals surface area (Å²) in [4.78, 5) is 23.6. The molecule has 0 aromatic carbocycles. The number of rotatable bonds is 18. The van der Waals surface area contributed by atoms with E-state index in [2.05, 4.69) is 96.9 Å². The molecular formula is C80H136O22. The van der Waals surface area contributed by atoms with E-state index in [0.717, 1.165) is 103 Å². The fourth-order valence-corrected chi connectivity index (χ4v) is 22.6. The van der Waals surface area contributed by atoms with E-state index in [9.17, 15) is 40.2 Å². The average Bonchev–Trinajstić information content (AvgIpc) is 1.58. The maximum Gasteiger partial charge on any atom is 0.308 e. The smallest absolute Gasteiger partial charge is 0.308 e. The molecule has 12 fully saturated rings. The van der Waals surface area contributed by atoms with Crippen molar-refractivity contribution in [1.29, 1.82) is 0 Å². The van der Waals surface area contributed by atoms with Crippen LogP contribution in [-0.4, -0.2) is 213 Å². The van der Waals surface area contributed by atoms with Gasteiger partial charge in [0.2, 0.25) is 0 Å². The van der Waals surface area contributed by atoms with Gasteiger partial charge in [0, 0.05) is 75.4 Å². The Kier molecular flexibility index (Phi) is 24.5. The molecule has 12 saturated heterocycles. The molecule has 0 aromatic rings. The lowest BCUT2D eigenvalue weighted by Gasteiger charge is -2.50. The molecule has 0 unspecified atom stereocenters. The summed E-state index contributed by atoms with van der Waals surface area (Å²) in [6, 6.07) is 0. The standard InChI is InChI=1S/2C40H68O11/c2*1-21-11-12-28(46-33(21)26(6)36(42)43)17-29-18-30(45-10)27(7)40(48-29)25(5)19-38(9,51-40)32-13-14-37(8,49-32)35-23(3)16-31(47-35)34-22(2)15-24(4)39(44,20-41)50-34/h2*21-35,41,44H,11-20H2,1-10H3,(H,42,43)/t2*21-,22-,23-,24+,25+,26+,27+,28+,29+,30+,31+,32+,33+,34-,35+,37-,38-,39-,40+/m00/s1. The van der Waals surface area contributed by atoms with Crippen molar-refractivity contribution in [3.05, 3.63) is 0 Å². The first-order chi connectivity index (χ1) is 47.8. The van der Waals surface area contributed by atoms with E-state index in [1.54, 1.807) is 28.1 Å². The van der Waals surface area contributed by atoms with Crippen molar-refractivity contribution in [2.45, 2.75) is 383 Å². The summed E-state index contributed by atoms with van der Waals surface area (Å²) in [6.07, 6.45) is 11.7. The highest BCUT2D eigenvalue weighted by Crippen LogP contribution is 2.60. The number of aliphatic carboxylic acids is 2. The SMILES string of the molecule is CO[C@@H]1C[C@@H](C[C@H]2CC[C@H](C)[C@H]([C@@H](C)C(=O)O)O2)O[C@]2(O[C@](C)([C@H]3CC[C@@](C)([C@@H]4O[C@@H]([C@H]5O[C@@](O)(CO)[C@H](C)C[C@@H]5C)C[C@@H]4C)O3)C[C@H]2C)[C@@H]1C.CO[C@@H]1C[C@@H](C[C@H]2CC[C@H](C)[C@H]([C@@H](C)C(=O)O)O2)O[C@]2(O[C@](C)([C@H]3CC[C@@](C)([C@@H]4O[C@@H]([C@H]5O[C@@](O)(CO)[C@H](C)C[C@@H]5C)C[C@@H]4C)O3)C[C@H]2C)[C@@H]1C. The van der Waals surface area contributed by atoms with Crippen molar-refractivity contribution in [3.8, 4) is 0 Å². The number of hydrogen-bond donors (Lipinski definition) is 6. The van der Waals surface area contributed by atoms with Crippen LogP contribution in [0.15, 0.2) is 0 Å². The lowest BCUT2D eigenvalue weighted by atomic mass is 9.78. The number of aliphatic hydroxyl groups is 4. The van der Waals surface area contributed by atoms with Gasteiger partial charge in [0.05, 0.1) is 145 Å². The highest BCUT2D eigenvalue weighted by Gasteiger charge is 2.68. The fraction of sp³-hybridized carbons (Fsp3) is 0.975. The molecule has 12 heterocycles. The Labute approximate surface area is 609 Å². The third-order valence-electron chi connectivity index (χ3n) is 28.8. The van der Waals surface area contributed by atoms with Crippen LogP contribution < -0.4 is 0 Å². The highest BCUT2D eigenvalue weighted by atomic mass is 16.7. The molecule has 588 valence electrons. The summed E-state index contributed by atoms with van der Waals surface area (Å²) in [6.45, 7) is 36.9. The Morgan fingerprint density at radius 3 is 1.13 bits per heavy atom. The third kappa shape index (κ3) is 15.3. The van der Waals surface area contributed by atoms with E-state index in [1.807, 2.05) is 13.8 Å². The minimum Gasteiger partial charge on any atom is -0.481 e. The minimum atomic E-state index is -1.55. The van der Waals surface area contributed by atoms with Crippen LogP contribution in [0.4, 0.5) is 0 Å². The van der Waals surface area contributed by atoms with E-state index >= 15 is 0 Å². The van der Waals surface area contributed by atoms with Crippen LogP contribution in [0.2, 0.25) is 0 Å². The first-order valence-corrected chi connectivity index (χ1v) is 40.0. The highest BCUT2D eigenvalue weighted by molar-refractivity contribution is 5.70. The lowest BCUT2D eigenvalue weighted by Crippen LogP contribution is -2.58. The van der Waals surface area contributed by atoms with Crippen LogP contribution in [0.1, 0.15) is 240 Å². The first kappa shape index (κ1) is 81.2. The van der Waals surface area contributed by atoms with Crippen LogP contribution in [0.3, 0.4) is 0 Å². The Morgan fingerprint density at radius 2 is 0.794 bits per heavy atom. The predicted molar refractivity (Wildman–Crippen MR) is 377 cm³/mol. The second kappa shape index (κ2) is 30.8. The molecular weight excluding hydrogens is 1310 g/mol. The number of aliphatic hydroxyl groups excluding tert-OH is 2. The zero-order valence-electron chi connectivity index (χ0n) is 65.7. The molecule has 38 atom stereocenters. The largest absolute Gasteiger partial charge is 0.481 e. The molecule has 12 rings (SSSR count). The van der Waals surface area contributed by atoms with Gasteiger partial charge in [-0.05, 0) is 167 Å². The Bertz CT molecular complexity index is 2650. The van der Waals surface area contributed by atoms with Gasteiger partial charge >= 0.3 is 11.9 Å². The zero-order chi connectivity index (χ0) is 74.5. The summed E-state index contributed by atoms with van der Waals surface area (Å²) < 4.78 is 94.0. The van der Waals surface area contributed by atoms with Gasteiger partial charge in [-0.1, -0.05) is 83.1 Å². The molecule has 6 N–H and O–H groups in total. The molecule has 0 bridgehead atoms. The zero-order valence-corrected chi connectivity index (χ0v) is 65.7. The van der Waals surface area contributed by atoms with Crippen molar-refractivity contribution in [3.63, 3.8) is 0 Å². The number of carboxylic acid groups (broad SMARTS) is 2. The summed E-state index contributed by atoms with van der Waals surface area (Å²) in [5, 5.41) is 61.3. The van der Waals surface area contributed by atoms with Gasteiger partial charge in [-0.2, -0.15) is 0 Å². The molecule has 0 aromatic heterocycles. The summed E-state index contributed by atoms with van der Waals surface area (Å²) >= 11 is 0. The van der Waals surface area contributed by atoms with Crippen molar-refractivity contribution < 1.29 is 107 Å². The van der Waals surface area contributed by atoms with Crippen molar-refractivity contribution >= 4 is 11.9 Å². The van der Waals surface area contributed by atoms with E-state index in [4.69, 9.17) is 66.3 Å². The fourth-order valence-electron chi connectivity index (χ4n) is 22.6. The summed E-state index contributed by atoms with van der Waals surface area (Å²) in [5.41, 5.74) is -2.20. The van der Waals surface area contributed by atoms with E-state index in [0.29, 0.717) is 12.8 Å². The van der Waals surface area contributed by atoms with Crippen molar-refractivity contribution in [1.82, 2.24) is 0 Å². The molecule has 22 nitrogen and oxygen atoms in total. The average molecular weight is 1450 g/mol. The number of ether oxygens (including phenoxy) is 14. The van der Waals surface area contributed by atoms with Gasteiger partial charge in [0.15, 0.2) is 23.1 Å². The first-order valence-electron chi connectivity index (χ1n) is 40.0. The third-order valence-corrected chi connectivity index (χ3v) is 28.8. The Morgan fingerprint density at radius 1 is 0.431 bits per heavy atom. The Hall–Kier alpha value is -1.78. The molecule has 102 heavy (non-hydrogen) atoms. The molecule has 12 aliphatic heterocycles. The maximum absolute atomic E-state index is 11.8. The monoisotopic (exact) mass is 1450 g/mol. The van der Waals surface area contributed by atoms with Crippen molar-refractivity contribution in [2.24, 2.45) is 82.9 Å². The molecule has 0 saturated carbocycles. The molecule has 22 heteroatoms. The van der Waals surface area contributed by atoms with Gasteiger partial charge in [-0.15, -0.1) is 0 Å². The molecule has 0 amide bonds. The lowest BCUT2D eigenvalue weighted by molar-refractivity contribution is -0.353. The van der Waals surface area contributed by atoms with Gasteiger partial charge in [-0.25, -0.2) is 0 Å². The minimum absolute atomic E-state index is 0.00727. The van der Waals surface area contributed by atoms with E-state index in [1.165, 1.54) is 0 Å². The molecule has 0 radical (unpaired) electrons. The van der Waals surface area contributed by atoms with Gasteiger partial charge in [0.25, 0.3) is 0 Å². The van der Waals surface area contributed by atoms with Gasteiger partial charge < -0.3 is 97.0 Å². The summed E-state index contributed by atoms with van der Waals surface area (Å²) in [7, 11) is 3.54. The van der Waals surface area contributed by atoms with Crippen LogP contribution in [0.25, 0.3) is 0 Å². The summed E-state index contributed by atoms with van der Waals surface area (Å²) in [5.74, 6) is -6.52. The number of carbonyl (C=O) groups is 2. The van der Waals surface area contributed by atoms with E-state index in [-0.39, 0.29) is 169 Å². The van der Waals surface area contributed by atoms with Crippen LogP contribution in [0.5, 0.6) is 0 Å². The topological polar surface area (TPSA) is 285 Å². The van der Waals surface area contributed by atoms with Crippen molar-refractivity contribution in [2.75, 3.05) is 27.4 Å². The number of carboxylic acids is 2. The second-order valence-corrected chi connectivity index (χ2v) is 36.8. The number of methoxy groups -OCH3 is 2. The van der Waals surface area contributed by atoms with Crippen LogP contribution in [-0.2, 0) is 75.9 Å². The predicted octanol–water partition coefficient (Wildman–Crippen LogP) is 11.4. The normalized spacial score (nSPS) is 54.2. The Balaban J connectivity index is 0.000000205. The second-order valence-electron chi connectivity index (χ2n) is 36.8. The number of hydrogen-bond acceptors (Lipinski definition) is 20. The molecule has 0 aliphatic carbocycles. The van der Waals surface area contributed by atoms with Gasteiger partial charge in [0.1, 0.15) is 0 Å². The van der Waals surface area contributed by atoms with E-state index < -0.39 is 82.5 Å². The van der Waals surface area contributed by atoms with Gasteiger partial charge in [-0.3, -0.25) is 9.59 Å². The molecule has 12 aliphatic rings. The van der Waals surface area contributed by atoms with Crippen LogP contribution in [0, 0.1) is 82.9 Å². The van der Waals surface area contributed by atoms with Crippen LogP contribution >= 0.6 is 0 Å².